The maximum atomic E-state index is 12.5. The Balaban J connectivity index is 1.76. The van der Waals surface area contributed by atoms with Crippen LogP contribution in [0, 0.1) is 12.8 Å². The number of ether oxygens (including phenoxy) is 1. The highest BCUT2D eigenvalue weighted by Gasteiger charge is 2.36. The van der Waals surface area contributed by atoms with Crippen molar-refractivity contribution in [2.75, 3.05) is 7.11 Å². The second kappa shape index (κ2) is 7.65. The number of aliphatic hydroxyl groups is 1. The van der Waals surface area contributed by atoms with E-state index in [-0.39, 0.29) is 36.0 Å². The summed E-state index contributed by atoms with van der Waals surface area (Å²) >= 11 is 0. The van der Waals surface area contributed by atoms with Gasteiger partial charge in [0.15, 0.2) is 0 Å². The summed E-state index contributed by atoms with van der Waals surface area (Å²) in [5, 5.41) is 12.6. The fraction of sp³-hybridized carbons (Fsp3) is 0.444. The third-order valence-corrected chi connectivity index (χ3v) is 4.62. The predicted molar refractivity (Wildman–Crippen MR) is 93.7 cm³/mol. The molecule has 1 aliphatic rings. The van der Waals surface area contributed by atoms with Crippen molar-refractivity contribution in [1.29, 1.82) is 0 Å². The molecule has 26 heavy (non-hydrogen) atoms. The second-order valence-corrected chi connectivity index (χ2v) is 6.59. The Labute approximate surface area is 150 Å². The molecule has 3 N–H and O–H groups in total. The smallest absolute Gasteiger partial charge is 0.254 e. The van der Waals surface area contributed by atoms with E-state index in [1.807, 2.05) is 6.07 Å². The number of hydrogen-bond acceptors (Lipinski definition) is 6. The van der Waals surface area contributed by atoms with Gasteiger partial charge < -0.3 is 20.1 Å². The van der Waals surface area contributed by atoms with Gasteiger partial charge in [-0.1, -0.05) is 0 Å². The standard InChI is InChI=1S/C18H22N4O4/c1-10-20-8-13(18(25)21-10)6-16(24)22-17(11-3-14(23)4-11)12-5-15(26-2)9-19-7-12/h5,7-9,11,14,17,23H,3-4,6H2,1-2H3,(H,22,24)(H,20,21,25)/t11?,14?,17-/m1/s1. The molecular formula is C18H22N4O4. The van der Waals surface area contributed by atoms with Crippen molar-refractivity contribution in [3.05, 3.63) is 52.0 Å². The van der Waals surface area contributed by atoms with Crippen molar-refractivity contribution in [3.8, 4) is 5.75 Å². The summed E-state index contributed by atoms with van der Waals surface area (Å²) in [6, 6.07) is 1.52. The van der Waals surface area contributed by atoms with Gasteiger partial charge in [0, 0.05) is 18.0 Å². The number of hydrogen-bond donors (Lipinski definition) is 3. The van der Waals surface area contributed by atoms with Crippen LogP contribution in [0.5, 0.6) is 5.75 Å². The van der Waals surface area contributed by atoms with Crippen LogP contribution in [0.4, 0.5) is 0 Å². The van der Waals surface area contributed by atoms with Crippen LogP contribution in [-0.2, 0) is 11.2 Å². The zero-order valence-corrected chi connectivity index (χ0v) is 14.7. The number of nitrogens with zero attached hydrogens (tertiary/aromatic N) is 2. The summed E-state index contributed by atoms with van der Waals surface area (Å²) in [7, 11) is 1.55. The van der Waals surface area contributed by atoms with Gasteiger partial charge in [0.05, 0.1) is 31.9 Å². The molecule has 0 bridgehead atoms. The molecule has 0 spiro atoms. The van der Waals surface area contributed by atoms with Crippen molar-refractivity contribution in [2.45, 2.75) is 38.3 Å². The number of aliphatic hydroxyl groups excluding tert-OH is 1. The van der Waals surface area contributed by atoms with Gasteiger partial charge >= 0.3 is 0 Å². The average molecular weight is 358 g/mol. The number of methoxy groups -OCH3 is 1. The first kappa shape index (κ1) is 18.1. The topological polar surface area (TPSA) is 117 Å². The number of pyridine rings is 1. The quantitative estimate of drug-likeness (QED) is 0.698. The van der Waals surface area contributed by atoms with Crippen LogP contribution in [0.15, 0.2) is 29.5 Å². The largest absolute Gasteiger partial charge is 0.495 e. The third kappa shape index (κ3) is 4.08. The summed E-state index contributed by atoms with van der Waals surface area (Å²) in [5.41, 5.74) is 0.807. The molecule has 1 fully saturated rings. The van der Waals surface area contributed by atoms with Crippen molar-refractivity contribution in [3.63, 3.8) is 0 Å². The average Bonchev–Trinajstić information content (AvgIpc) is 2.60. The molecule has 138 valence electrons. The molecular weight excluding hydrogens is 336 g/mol. The van der Waals surface area contributed by atoms with E-state index in [9.17, 15) is 14.7 Å². The Hall–Kier alpha value is -2.74. The normalized spacial score (nSPS) is 20.1. The van der Waals surface area contributed by atoms with Gasteiger partial charge in [-0.25, -0.2) is 4.98 Å². The zero-order valence-electron chi connectivity index (χ0n) is 14.7. The van der Waals surface area contributed by atoms with Crippen molar-refractivity contribution < 1.29 is 14.6 Å². The Bertz CT molecular complexity index is 845. The van der Waals surface area contributed by atoms with Gasteiger partial charge in [0.25, 0.3) is 5.56 Å². The molecule has 8 nitrogen and oxygen atoms in total. The van der Waals surface area contributed by atoms with Crippen LogP contribution in [0.2, 0.25) is 0 Å². The highest BCUT2D eigenvalue weighted by atomic mass is 16.5. The van der Waals surface area contributed by atoms with Crippen LogP contribution in [0.3, 0.4) is 0 Å². The molecule has 1 amide bonds. The van der Waals surface area contributed by atoms with Crippen LogP contribution < -0.4 is 15.6 Å². The number of rotatable bonds is 6. The van der Waals surface area contributed by atoms with E-state index in [0.717, 1.165) is 5.56 Å². The van der Waals surface area contributed by atoms with Crippen molar-refractivity contribution >= 4 is 5.91 Å². The molecule has 2 heterocycles. The first-order valence-corrected chi connectivity index (χ1v) is 8.47. The molecule has 2 aromatic heterocycles. The van der Waals surface area contributed by atoms with Gasteiger partial charge in [-0.3, -0.25) is 14.6 Å². The number of amides is 1. The molecule has 1 atom stereocenters. The molecule has 3 rings (SSSR count). The molecule has 0 aromatic carbocycles. The van der Waals surface area contributed by atoms with Gasteiger partial charge in [-0.05, 0) is 37.3 Å². The van der Waals surface area contributed by atoms with E-state index in [1.165, 1.54) is 6.20 Å². The summed E-state index contributed by atoms with van der Waals surface area (Å²) in [6.07, 6.45) is 5.49. The fourth-order valence-electron chi connectivity index (χ4n) is 3.13. The van der Waals surface area contributed by atoms with E-state index >= 15 is 0 Å². The Morgan fingerprint density at radius 3 is 2.85 bits per heavy atom. The van der Waals surface area contributed by atoms with Crippen molar-refractivity contribution in [2.24, 2.45) is 5.92 Å². The fourth-order valence-corrected chi connectivity index (χ4v) is 3.13. The van der Waals surface area contributed by atoms with Gasteiger partial charge in [-0.15, -0.1) is 0 Å². The minimum atomic E-state index is -0.345. The lowest BCUT2D eigenvalue weighted by atomic mass is 9.75. The summed E-state index contributed by atoms with van der Waals surface area (Å²) in [4.78, 5) is 35.2. The summed E-state index contributed by atoms with van der Waals surface area (Å²) in [6.45, 7) is 1.68. The molecule has 0 radical (unpaired) electrons. The van der Waals surface area contributed by atoms with E-state index < -0.39 is 0 Å². The van der Waals surface area contributed by atoms with Crippen LogP contribution in [0.25, 0.3) is 0 Å². The Morgan fingerprint density at radius 1 is 1.42 bits per heavy atom. The lowest BCUT2D eigenvalue weighted by Crippen LogP contribution is -2.42. The number of nitrogens with one attached hydrogen (secondary N) is 2. The van der Waals surface area contributed by atoms with Gasteiger partial charge in [0.2, 0.25) is 5.91 Å². The van der Waals surface area contributed by atoms with Gasteiger partial charge in [-0.2, -0.15) is 0 Å². The highest BCUT2D eigenvalue weighted by molar-refractivity contribution is 5.78. The SMILES string of the molecule is COc1cncc([C@H](NC(=O)Cc2cnc(C)[nH]c2=O)C2CC(O)C2)c1. The number of aromatic amines is 1. The summed E-state index contributed by atoms with van der Waals surface area (Å²) < 4.78 is 5.21. The lowest BCUT2D eigenvalue weighted by molar-refractivity contribution is -0.122. The first-order valence-electron chi connectivity index (χ1n) is 8.47. The number of H-pyrrole nitrogens is 1. The Morgan fingerprint density at radius 2 is 2.19 bits per heavy atom. The number of aryl methyl sites for hydroxylation is 1. The maximum Gasteiger partial charge on any atom is 0.254 e. The van der Waals surface area contributed by atoms with Crippen LogP contribution in [0.1, 0.15) is 35.8 Å². The van der Waals surface area contributed by atoms with Crippen LogP contribution in [-0.4, -0.2) is 39.2 Å². The molecule has 0 unspecified atom stereocenters. The lowest BCUT2D eigenvalue weighted by Gasteiger charge is -2.38. The summed E-state index contributed by atoms with van der Waals surface area (Å²) in [5.74, 6) is 0.927. The molecule has 1 saturated carbocycles. The van der Waals surface area contributed by atoms with Crippen LogP contribution >= 0.6 is 0 Å². The predicted octanol–water partition coefficient (Wildman–Crippen LogP) is 0.653. The number of carbonyl (C=O) groups excluding carboxylic acids is 1. The molecule has 0 aliphatic heterocycles. The maximum absolute atomic E-state index is 12.5. The number of aromatic nitrogens is 3. The highest BCUT2D eigenvalue weighted by Crippen LogP contribution is 2.38. The minimum Gasteiger partial charge on any atom is -0.495 e. The van der Waals surface area contributed by atoms with E-state index in [2.05, 4.69) is 20.3 Å². The Kier molecular flexibility index (Phi) is 5.32. The first-order chi connectivity index (χ1) is 12.5. The monoisotopic (exact) mass is 358 g/mol. The zero-order chi connectivity index (χ0) is 18.7. The molecule has 2 aromatic rings. The molecule has 0 saturated heterocycles. The number of carbonyl (C=O) groups is 1. The van der Waals surface area contributed by atoms with E-state index in [1.54, 1.807) is 26.4 Å². The van der Waals surface area contributed by atoms with Crippen molar-refractivity contribution in [1.82, 2.24) is 20.3 Å². The molecule has 8 heteroatoms. The third-order valence-electron chi connectivity index (χ3n) is 4.62. The molecule has 1 aliphatic carbocycles. The minimum absolute atomic E-state index is 0.0637. The second-order valence-electron chi connectivity index (χ2n) is 6.59. The van der Waals surface area contributed by atoms with Gasteiger partial charge in [0.1, 0.15) is 11.6 Å². The van der Waals surface area contributed by atoms with E-state index in [0.29, 0.717) is 30.0 Å². The van der Waals surface area contributed by atoms with E-state index in [4.69, 9.17) is 4.74 Å².